The zero-order valence-corrected chi connectivity index (χ0v) is 11.4. The summed E-state index contributed by atoms with van der Waals surface area (Å²) in [6.07, 6.45) is 7.42. The molecular formula is C12H25NO2S. The Hall–Kier alpha value is 0.230. The van der Waals surface area contributed by atoms with Gasteiger partial charge in [-0.25, -0.2) is 0 Å². The molecular weight excluding hydrogens is 222 g/mol. The van der Waals surface area contributed by atoms with E-state index in [1.54, 1.807) is 7.11 Å². The molecule has 0 bridgehead atoms. The summed E-state index contributed by atoms with van der Waals surface area (Å²) in [5, 5.41) is 4.47. The van der Waals surface area contributed by atoms with Gasteiger partial charge in [-0.2, -0.15) is 11.8 Å². The highest BCUT2D eigenvalue weighted by Crippen LogP contribution is 2.28. The van der Waals surface area contributed by atoms with Gasteiger partial charge in [0.25, 0.3) is 0 Å². The SMILES string of the molecule is COCCOCCCNC1CCCC1SC. The summed E-state index contributed by atoms with van der Waals surface area (Å²) >= 11 is 2.01. The highest BCUT2D eigenvalue weighted by molar-refractivity contribution is 7.99. The maximum Gasteiger partial charge on any atom is 0.0700 e. The Morgan fingerprint density at radius 3 is 2.88 bits per heavy atom. The molecule has 4 heteroatoms. The van der Waals surface area contributed by atoms with Gasteiger partial charge >= 0.3 is 0 Å². The van der Waals surface area contributed by atoms with E-state index in [1.807, 2.05) is 11.8 Å². The van der Waals surface area contributed by atoms with Crippen LogP contribution in [-0.2, 0) is 9.47 Å². The summed E-state index contributed by atoms with van der Waals surface area (Å²) in [6.45, 7) is 3.33. The van der Waals surface area contributed by atoms with Crippen LogP contribution in [0, 0.1) is 0 Å². The smallest absolute Gasteiger partial charge is 0.0700 e. The Morgan fingerprint density at radius 1 is 1.25 bits per heavy atom. The van der Waals surface area contributed by atoms with E-state index in [2.05, 4.69) is 11.6 Å². The third kappa shape index (κ3) is 5.53. The van der Waals surface area contributed by atoms with Crippen molar-refractivity contribution in [1.82, 2.24) is 5.32 Å². The molecule has 1 rings (SSSR count). The van der Waals surface area contributed by atoms with Crippen molar-refractivity contribution in [3.05, 3.63) is 0 Å². The van der Waals surface area contributed by atoms with E-state index in [-0.39, 0.29) is 0 Å². The van der Waals surface area contributed by atoms with Gasteiger partial charge in [-0.05, 0) is 32.1 Å². The summed E-state index contributed by atoms with van der Waals surface area (Å²) < 4.78 is 10.3. The van der Waals surface area contributed by atoms with Crippen molar-refractivity contribution in [3.63, 3.8) is 0 Å². The molecule has 3 nitrogen and oxygen atoms in total. The van der Waals surface area contributed by atoms with Crippen LogP contribution in [0.3, 0.4) is 0 Å². The second-order valence-corrected chi connectivity index (χ2v) is 5.30. The predicted octanol–water partition coefficient (Wildman–Crippen LogP) is 1.91. The fraction of sp³-hybridized carbons (Fsp3) is 1.00. The highest BCUT2D eigenvalue weighted by Gasteiger charge is 2.25. The van der Waals surface area contributed by atoms with E-state index in [0.717, 1.165) is 30.9 Å². The topological polar surface area (TPSA) is 30.5 Å². The van der Waals surface area contributed by atoms with E-state index < -0.39 is 0 Å². The van der Waals surface area contributed by atoms with Gasteiger partial charge in [0.2, 0.25) is 0 Å². The molecule has 16 heavy (non-hydrogen) atoms. The van der Waals surface area contributed by atoms with Gasteiger partial charge in [-0.1, -0.05) is 6.42 Å². The molecule has 0 saturated heterocycles. The number of methoxy groups -OCH3 is 1. The van der Waals surface area contributed by atoms with E-state index in [1.165, 1.54) is 19.3 Å². The average Bonchev–Trinajstić information content (AvgIpc) is 2.75. The number of thioether (sulfide) groups is 1. The van der Waals surface area contributed by atoms with Gasteiger partial charge in [-0.3, -0.25) is 0 Å². The summed E-state index contributed by atoms with van der Waals surface area (Å²) in [6, 6.07) is 0.731. The van der Waals surface area contributed by atoms with Crippen molar-refractivity contribution in [2.24, 2.45) is 0 Å². The van der Waals surface area contributed by atoms with E-state index in [9.17, 15) is 0 Å². The first-order valence-electron chi connectivity index (χ1n) is 6.21. The van der Waals surface area contributed by atoms with Gasteiger partial charge in [0.1, 0.15) is 0 Å². The van der Waals surface area contributed by atoms with Crippen LogP contribution in [-0.4, -0.2) is 51.0 Å². The van der Waals surface area contributed by atoms with Gasteiger partial charge in [0, 0.05) is 25.0 Å². The fourth-order valence-corrected chi connectivity index (χ4v) is 3.11. The normalized spacial score (nSPS) is 25.1. The molecule has 0 heterocycles. The maximum atomic E-state index is 5.42. The number of ether oxygens (including phenoxy) is 2. The quantitative estimate of drug-likeness (QED) is 0.631. The van der Waals surface area contributed by atoms with Crippen LogP contribution >= 0.6 is 11.8 Å². The fourth-order valence-electron chi connectivity index (χ4n) is 2.15. The number of hydrogen-bond donors (Lipinski definition) is 1. The molecule has 1 N–H and O–H groups in total. The molecule has 0 aromatic rings. The van der Waals surface area contributed by atoms with Crippen molar-refractivity contribution < 1.29 is 9.47 Å². The van der Waals surface area contributed by atoms with Gasteiger partial charge in [0.05, 0.1) is 13.2 Å². The Balaban J connectivity index is 1.90. The van der Waals surface area contributed by atoms with Gasteiger partial charge < -0.3 is 14.8 Å². The van der Waals surface area contributed by atoms with Gasteiger partial charge in [-0.15, -0.1) is 0 Å². The molecule has 96 valence electrons. The summed E-state index contributed by atoms with van der Waals surface area (Å²) in [7, 11) is 1.70. The minimum Gasteiger partial charge on any atom is -0.382 e. The van der Waals surface area contributed by atoms with Crippen molar-refractivity contribution in [3.8, 4) is 0 Å². The van der Waals surface area contributed by atoms with Crippen molar-refractivity contribution in [2.75, 3.05) is 39.7 Å². The molecule has 1 fully saturated rings. The average molecular weight is 247 g/mol. The molecule has 1 aliphatic rings. The number of hydrogen-bond acceptors (Lipinski definition) is 4. The minimum atomic E-state index is 0.699. The molecule has 0 aromatic carbocycles. The number of nitrogens with one attached hydrogen (secondary N) is 1. The van der Waals surface area contributed by atoms with E-state index in [4.69, 9.17) is 9.47 Å². The second kappa shape index (κ2) is 9.28. The van der Waals surface area contributed by atoms with Crippen LogP contribution in [0.1, 0.15) is 25.7 Å². The molecule has 0 aromatic heterocycles. The molecule has 1 saturated carbocycles. The van der Waals surface area contributed by atoms with Gasteiger partial charge in [0.15, 0.2) is 0 Å². The first-order valence-corrected chi connectivity index (χ1v) is 7.50. The number of rotatable bonds is 9. The van der Waals surface area contributed by atoms with E-state index >= 15 is 0 Å². The highest BCUT2D eigenvalue weighted by atomic mass is 32.2. The Labute approximate surface area is 104 Å². The zero-order chi connectivity index (χ0) is 11.6. The Morgan fingerprint density at radius 2 is 2.12 bits per heavy atom. The van der Waals surface area contributed by atoms with Crippen LogP contribution in [0.15, 0.2) is 0 Å². The standard InChI is InChI=1S/C12H25NO2S/c1-14-9-10-15-8-4-7-13-11-5-3-6-12(11)16-2/h11-13H,3-10H2,1-2H3. The lowest BCUT2D eigenvalue weighted by atomic mass is 10.2. The minimum absolute atomic E-state index is 0.699. The van der Waals surface area contributed by atoms with Crippen LogP contribution in [0.25, 0.3) is 0 Å². The van der Waals surface area contributed by atoms with Crippen molar-refractivity contribution in [2.45, 2.75) is 37.0 Å². The summed E-state index contributed by atoms with van der Waals surface area (Å²) in [5.74, 6) is 0. The molecule has 1 aliphatic carbocycles. The largest absolute Gasteiger partial charge is 0.382 e. The summed E-state index contributed by atoms with van der Waals surface area (Å²) in [4.78, 5) is 0. The van der Waals surface area contributed by atoms with Crippen molar-refractivity contribution >= 4 is 11.8 Å². The second-order valence-electron chi connectivity index (χ2n) is 4.22. The lowest BCUT2D eigenvalue weighted by Gasteiger charge is -2.19. The molecule has 0 spiro atoms. The molecule has 2 atom stereocenters. The third-order valence-corrected chi connectivity index (χ3v) is 4.23. The lowest BCUT2D eigenvalue weighted by molar-refractivity contribution is 0.0693. The molecule has 0 radical (unpaired) electrons. The Kier molecular flexibility index (Phi) is 8.29. The monoisotopic (exact) mass is 247 g/mol. The van der Waals surface area contributed by atoms with Crippen molar-refractivity contribution in [1.29, 1.82) is 0 Å². The molecule has 0 amide bonds. The van der Waals surface area contributed by atoms with Crippen LogP contribution < -0.4 is 5.32 Å². The van der Waals surface area contributed by atoms with Crippen LogP contribution in [0.2, 0.25) is 0 Å². The Bertz CT molecular complexity index is 169. The zero-order valence-electron chi connectivity index (χ0n) is 10.5. The first kappa shape index (κ1) is 14.3. The predicted molar refractivity (Wildman–Crippen MR) is 70.3 cm³/mol. The van der Waals surface area contributed by atoms with Crippen LogP contribution in [0.4, 0.5) is 0 Å². The maximum absolute atomic E-state index is 5.42. The summed E-state index contributed by atoms with van der Waals surface area (Å²) in [5.41, 5.74) is 0. The first-order chi connectivity index (χ1) is 7.88. The molecule has 2 unspecified atom stereocenters. The molecule has 0 aliphatic heterocycles. The van der Waals surface area contributed by atoms with E-state index in [0.29, 0.717) is 13.2 Å². The third-order valence-electron chi connectivity index (χ3n) is 3.06. The van der Waals surface area contributed by atoms with Crippen LogP contribution in [0.5, 0.6) is 0 Å². The lowest BCUT2D eigenvalue weighted by Crippen LogP contribution is -2.35.